The van der Waals surface area contributed by atoms with Crippen LogP contribution in [0.5, 0.6) is 0 Å². The van der Waals surface area contributed by atoms with Gasteiger partial charge in [0.15, 0.2) is 0 Å². The normalized spacial score (nSPS) is 24.4. The van der Waals surface area contributed by atoms with Crippen molar-refractivity contribution < 1.29 is 0 Å². The first kappa shape index (κ1) is 18.2. The van der Waals surface area contributed by atoms with Gasteiger partial charge in [-0.05, 0) is 63.0 Å². The summed E-state index contributed by atoms with van der Waals surface area (Å²) in [7, 11) is 0. The third-order valence-electron chi connectivity index (χ3n) is 5.56. The van der Waals surface area contributed by atoms with Crippen molar-refractivity contribution in [3.05, 3.63) is 58.1 Å². The van der Waals surface area contributed by atoms with Gasteiger partial charge in [-0.25, -0.2) is 0 Å². The summed E-state index contributed by atoms with van der Waals surface area (Å²) >= 11 is 12.3. The minimum absolute atomic E-state index is 0.581. The third-order valence-corrected chi connectivity index (χ3v) is 6.03. The Kier molecular flexibility index (Phi) is 5.75. The Labute approximate surface area is 165 Å². The molecule has 138 valence electrons. The van der Waals surface area contributed by atoms with Crippen molar-refractivity contribution in [1.29, 1.82) is 0 Å². The molecular formula is C20H24Cl2N4. The predicted molar refractivity (Wildman–Crippen MR) is 105 cm³/mol. The molecule has 6 heteroatoms. The van der Waals surface area contributed by atoms with E-state index in [1.165, 1.54) is 25.7 Å². The number of rotatable bonds is 5. The maximum atomic E-state index is 6.14. The number of hydrogen-bond donors (Lipinski definition) is 0. The molecule has 0 bridgehead atoms. The van der Waals surface area contributed by atoms with Gasteiger partial charge in [-0.1, -0.05) is 23.2 Å². The number of aromatic nitrogens is 2. The van der Waals surface area contributed by atoms with Crippen molar-refractivity contribution >= 4 is 23.2 Å². The highest BCUT2D eigenvalue weighted by atomic mass is 35.5. The lowest BCUT2D eigenvalue weighted by atomic mass is 10.0. The summed E-state index contributed by atoms with van der Waals surface area (Å²) in [5.41, 5.74) is 2.12. The van der Waals surface area contributed by atoms with Crippen molar-refractivity contribution in [1.82, 2.24) is 19.8 Å². The predicted octanol–water partition coefficient (Wildman–Crippen LogP) is 4.41. The second-order valence-electron chi connectivity index (χ2n) is 7.29. The van der Waals surface area contributed by atoms with Gasteiger partial charge < -0.3 is 0 Å². The average molecular weight is 391 g/mol. The van der Waals surface area contributed by atoms with E-state index in [9.17, 15) is 0 Å². The van der Waals surface area contributed by atoms with Crippen LogP contribution in [0.3, 0.4) is 0 Å². The van der Waals surface area contributed by atoms with Crippen molar-refractivity contribution in [2.75, 3.05) is 13.1 Å². The summed E-state index contributed by atoms with van der Waals surface area (Å²) in [6.45, 7) is 4.03. The van der Waals surface area contributed by atoms with Crippen LogP contribution < -0.4 is 0 Å². The van der Waals surface area contributed by atoms with Gasteiger partial charge >= 0.3 is 0 Å². The molecule has 2 fully saturated rings. The molecule has 0 aromatic carbocycles. The molecule has 4 nitrogen and oxygen atoms in total. The largest absolute Gasteiger partial charge is 0.293 e. The summed E-state index contributed by atoms with van der Waals surface area (Å²) in [5.74, 6) is 0. The molecule has 4 rings (SSSR count). The zero-order valence-corrected chi connectivity index (χ0v) is 16.3. The Morgan fingerprint density at radius 2 is 1.27 bits per heavy atom. The molecule has 0 amide bonds. The lowest BCUT2D eigenvalue weighted by molar-refractivity contribution is 0.122. The van der Waals surface area contributed by atoms with Crippen molar-refractivity contribution in [3.8, 4) is 0 Å². The molecular weight excluding hydrogens is 367 g/mol. The molecule has 2 aliphatic rings. The molecule has 0 spiro atoms. The first-order valence-electron chi connectivity index (χ1n) is 9.38. The summed E-state index contributed by atoms with van der Waals surface area (Å²) in [4.78, 5) is 14.2. The molecule has 4 heterocycles. The SMILES string of the molecule is Clc1ccnc(CN2CCCC2C2CCCN2Cc2cc(Cl)ccn2)c1. The molecule has 2 aromatic heterocycles. The highest BCUT2D eigenvalue weighted by Crippen LogP contribution is 2.32. The monoisotopic (exact) mass is 390 g/mol. The van der Waals surface area contributed by atoms with Crippen LogP contribution in [0.4, 0.5) is 0 Å². The van der Waals surface area contributed by atoms with Gasteiger partial charge in [-0.2, -0.15) is 0 Å². The van der Waals surface area contributed by atoms with E-state index in [-0.39, 0.29) is 0 Å². The van der Waals surface area contributed by atoms with Crippen LogP contribution in [-0.2, 0) is 13.1 Å². The molecule has 0 radical (unpaired) electrons. The van der Waals surface area contributed by atoms with Crippen molar-refractivity contribution in [3.63, 3.8) is 0 Å². The van der Waals surface area contributed by atoms with Gasteiger partial charge in [0, 0.05) is 47.6 Å². The van der Waals surface area contributed by atoms with E-state index in [2.05, 4.69) is 19.8 Å². The molecule has 2 saturated heterocycles. The molecule has 2 atom stereocenters. The van der Waals surface area contributed by atoms with Crippen molar-refractivity contribution in [2.45, 2.75) is 50.9 Å². The van der Waals surface area contributed by atoms with E-state index in [1.54, 1.807) is 12.4 Å². The standard InChI is InChI=1S/C20H24Cl2N4/c21-15-5-7-23-17(11-15)13-25-9-1-3-19(25)20-4-2-10-26(20)14-18-12-16(22)6-8-24-18/h5-8,11-12,19-20H,1-4,9-10,13-14H2. The minimum Gasteiger partial charge on any atom is -0.293 e. The van der Waals surface area contributed by atoms with Gasteiger partial charge in [0.25, 0.3) is 0 Å². The maximum absolute atomic E-state index is 6.14. The first-order chi connectivity index (χ1) is 12.7. The molecule has 2 aliphatic heterocycles. The Balaban J connectivity index is 1.45. The summed E-state index contributed by atoms with van der Waals surface area (Å²) in [6, 6.07) is 8.81. The molecule has 2 aromatic rings. The highest BCUT2D eigenvalue weighted by molar-refractivity contribution is 6.30. The van der Waals surface area contributed by atoms with Gasteiger partial charge in [0.2, 0.25) is 0 Å². The van der Waals surface area contributed by atoms with Crippen LogP contribution >= 0.6 is 23.2 Å². The Bertz CT molecular complexity index is 691. The van der Waals surface area contributed by atoms with Crippen LogP contribution in [0.2, 0.25) is 10.0 Å². The van der Waals surface area contributed by atoms with E-state index < -0.39 is 0 Å². The molecule has 26 heavy (non-hydrogen) atoms. The van der Waals surface area contributed by atoms with E-state index in [0.29, 0.717) is 12.1 Å². The van der Waals surface area contributed by atoms with E-state index in [4.69, 9.17) is 23.2 Å². The maximum Gasteiger partial charge on any atom is 0.0558 e. The second-order valence-corrected chi connectivity index (χ2v) is 8.16. The number of pyridine rings is 2. The molecule has 0 aliphatic carbocycles. The van der Waals surface area contributed by atoms with Gasteiger partial charge in [-0.3, -0.25) is 19.8 Å². The smallest absolute Gasteiger partial charge is 0.0558 e. The van der Waals surface area contributed by atoms with Crippen LogP contribution in [0, 0.1) is 0 Å². The lowest BCUT2D eigenvalue weighted by Gasteiger charge is -2.34. The minimum atomic E-state index is 0.581. The van der Waals surface area contributed by atoms with E-state index in [1.807, 2.05) is 24.3 Å². The summed E-state index contributed by atoms with van der Waals surface area (Å²) in [6.07, 6.45) is 8.62. The van der Waals surface area contributed by atoms with Crippen LogP contribution in [0.1, 0.15) is 37.1 Å². The third kappa shape index (κ3) is 4.20. The average Bonchev–Trinajstić information content (AvgIpc) is 3.24. The number of halogens is 2. The Morgan fingerprint density at radius 3 is 1.69 bits per heavy atom. The zero-order valence-electron chi connectivity index (χ0n) is 14.8. The van der Waals surface area contributed by atoms with Gasteiger partial charge in [-0.15, -0.1) is 0 Å². The van der Waals surface area contributed by atoms with Crippen LogP contribution in [-0.4, -0.2) is 44.9 Å². The lowest BCUT2D eigenvalue weighted by Crippen LogP contribution is -2.45. The van der Waals surface area contributed by atoms with Crippen molar-refractivity contribution in [2.24, 2.45) is 0 Å². The fraction of sp³-hybridized carbons (Fsp3) is 0.500. The fourth-order valence-electron chi connectivity index (χ4n) is 4.45. The Hall–Kier alpha value is -1.20. The quantitative estimate of drug-likeness (QED) is 0.756. The topological polar surface area (TPSA) is 32.3 Å². The van der Waals surface area contributed by atoms with Crippen LogP contribution in [0.15, 0.2) is 36.7 Å². The molecule has 0 N–H and O–H groups in total. The Morgan fingerprint density at radius 1 is 0.808 bits per heavy atom. The molecule has 2 unspecified atom stereocenters. The first-order valence-corrected chi connectivity index (χ1v) is 10.1. The second kappa shape index (κ2) is 8.22. The van der Waals surface area contributed by atoms with Gasteiger partial charge in [0.05, 0.1) is 11.4 Å². The number of hydrogen-bond acceptors (Lipinski definition) is 4. The van der Waals surface area contributed by atoms with Crippen LogP contribution in [0.25, 0.3) is 0 Å². The zero-order chi connectivity index (χ0) is 17.9. The number of likely N-dealkylation sites (tertiary alicyclic amines) is 2. The summed E-state index contributed by atoms with van der Waals surface area (Å²) < 4.78 is 0. The van der Waals surface area contributed by atoms with E-state index in [0.717, 1.165) is 47.6 Å². The highest BCUT2D eigenvalue weighted by Gasteiger charge is 2.37. The van der Waals surface area contributed by atoms with E-state index >= 15 is 0 Å². The molecule has 0 saturated carbocycles. The fourth-order valence-corrected chi connectivity index (χ4v) is 4.82. The van der Waals surface area contributed by atoms with Gasteiger partial charge in [0.1, 0.15) is 0 Å². The number of nitrogens with zero attached hydrogens (tertiary/aromatic N) is 4. The summed E-state index contributed by atoms with van der Waals surface area (Å²) in [5, 5.41) is 1.53.